The number of aromatic nitrogens is 1. The van der Waals surface area contributed by atoms with Crippen LogP contribution in [0.1, 0.15) is 15.9 Å². The Bertz CT molecular complexity index is 1180. The van der Waals surface area contributed by atoms with Crippen molar-refractivity contribution < 1.29 is 32.7 Å². The number of H-pyrrole nitrogens is 1. The molecule has 0 unspecified atom stereocenters. The molecule has 2 aromatic carbocycles. The number of rotatable bonds is 6. The van der Waals surface area contributed by atoms with Gasteiger partial charge in [0.1, 0.15) is 0 Å². The number of aliphatic carboxylic acids is 1. The molecule has 0 aliphatic carbocycles. The van der Waals surface area contributed by atoms with Crippen LogP contribution in [0.25, 0.3) is 22.0 Å². The van der Waals surface area contributed by atoms with Gasteiger partial charge in [-0.15, -0.1) is 0 Å². The van der Waals surface area contributed by atoms with Crippen LogP contribution in [0, 0.1) is 0 Å². The second kappa shape index (κ2) is 9.92. The van der Waals surface area contributed by atoms with Crippen molar-refractivity contribution in [3.8, 4) is 11.1 Å². The normalized spacial score (nSPS) is 10.9. The number of carboxylic acids is 1. The third-order valence-electron chi connectivity index (χ3n) is 4.47. The Balaban J connectivity index is 0.000000451. The van der Waals surface area contributed by atoms with E-state index < -0.39 is 18.1 Å². The lowest BCUT2D eigenvalue weighted by Crippen LogP contribution is -2.21. The number of amides is 1. The van der Waals surface area contributed by atoms with E-state index in [1.165, 1.54) is 0 Å². The number of nitrogens with one attached hydrogen (secondary N) is 1. The number of alkyl halides is 3. The molecule has 32 heavy (non-hydrogen) atoms. The SMILES string of the molecule is C=C(CN)C(=O)Cc1cccc(-c2ccc(C(N)=O)c3[nH]ccc23)c1.O=C(O)C(F)(F)F. The summed E-state index contributed by atoms with van der Waals surface area (Å²) in [5.74, 6) is -3.29. The predicted molar refractivity (Wildman–Crippen MR) is 113 cm³/mol. The smallest absolute Gasteiger partial charge is 0.475 e. The number of nitrogens with two attached hydrogens (primary N) is 2. The molecule has 0 radical (unpaired) electrons. The van der Waals surface area contributed by atoms with Crippen LogP contribution in [0.4, 0.5) is 13.2 Å². The number of carboxylic acid groups (broad SMARTS) is 1. The van der Waals surface area contributed by atoms with E-state index in [9.17, 15) is 22.8 Å². The van der Waals surface area contributed by atoms with Crippen LogP contribution in [-0.4, -0.2) is 40.5 Å². The number of aromatic amines is 1. The molecule has 1 amide bonds. The van der Waals surface area contributed by atoms with Crippen LogP contribution < -0.4 is 11.5 Å². The highest BCUT2D eigenvalue weighted by Gasteiger charge is 2.38. The summed E-state index contributed by atoms with van der Waals surface area (Å²) in [5, 5.41) is 8.03. The van der Waals surface area contributed by atoms with Gasteiger partial charge in [0, 0.05) is 30.1 Å². The van der Waals surface area contributed by atoms with E-state index in [2.05, 4.69) is 11.6 Å². The molecule has 10 heteroatoms. The summed E-state index contributed by atoms with van der Waals surface area (Å²) in [6, 6.07) is 13.2. The first kappa shape index (κ1) is 24.4. The van der Waals surface area contributed by atoms with E-state index >= 15 is 0 Å². The molecule has 3 aromatic rings. The third-order valence-corrected chi connectivity index (χ3v) is 4.47. The van der Waals surface area contributed by atoms with Crippen molar-refractivity contribution in [1.29, 1.82) is 0 Å². The van der Waals surface area contributed by atoms with Crippen molar-refractivity contribution in [1.82, 2.24) is 4.98 Å². The molecule has 1 aromatic heterocycles. The molecule has 0 fully saturated rings. The van der Waals surface area contributed by atoms with Crippen LogP contribution in [-0.2, 0) is 16.0 Å². The van der Waals surface area contributed by atoms with Crippen molar-refractivity contribution in [3.63, 3.8) is 0 Å². The largest absolute Gasteiger partial charge is 0.490 e. The van der Waals surface area contributed by atoms with Gasteiger partial charge in [-0.3, -0.25) is 9.59 Å². The molecule has 0 spiro atoms. The Morgan fingerprint density at radius 3 is 2.31 bits per heavy atom. The van der Waals surface area contributed by atoms with Gasteiger partial charge in [-0.2, -0.15) is 13.2 Å². The quantitative estimate of drug-likeness (QED) is 0.430. The van der Waals surface area contributed by atoms with E-state index in [4.69, 9.17) is 21.4 Å². The minimum atomic E-state index is -5.08. The number of hydrogen-bond acceptors (Lipinski definition) is 4. The predicted octanol–water partition coefficient (Wildman–Crippen LogP) is 3.19. The topological polar surface area (TPSA) is 139 Å². The summed E-state index contributed by atoms with van der Waals surface area (Å²) in [6.07, 6.45) is -3.04. The van der Waals surface area contributed by atoms with Crippen molar-refractivity contribution in [2.75, 3.05) is 6.54 Å². The summed E-state index contributed by atoms with van der Waals surface area (Å²) >= 11 is 0. The first-order chi connectivity index (χ1) is 15.0. The van der Waals surface area contributed by atoms with Crippen LogP contribution in [0.15, 0.2) is 60.8 Å². The van der Waals surface area contributed by atoms with Crippen LogP contribution >= 0.6 is 0 Å². The second-order valence-electron chi connectivity index (χ2n) is 6.70. The average Bonchev–Trinajstić information content (AvgIpc) is 3.22. The fourth-order valence-electron chi connectivity index (χ4n) is 2.89. The van der Waals surface area contributed by atoms with E-state index in [0.29, 0.717) is 16.7 Å². The number of halogens is 3. The summed E-state index contributed by atoms with van der Waals surface area (Å²) in [5.41, 5.74) is 15.3. The van der Waals surface area contributed by atoms with E-state index in [1.54, 1.807) is 12.3 Å². The zero-order valence-electron chi connectivity index (χ0n) is 16.7. The van der Waals surface area contributed by atoms with Crippen molar-refractivity contribution in [2.45, 2.75) is 12.6 Å². The van der Waals surface area contributed by atoms with Crippen molar-refractivity contribution in [2.24, 2.45) is 11.5 Å². The van der Waals surface area contributed by atoms with E-state index in [1.807, 2.05) is 36.4 Å². The molecule has 0 aliphatic heterocycles. The first-order valence-corrected chi connectivity index (χ1v) is 9.16. The van der Waals surface area contributed by atoms with Gasteiger partial charge in [-0.1, -0.05) is 36.9 Å². The molecule has 0 aliphatic rings. The summed E-state index contributed by atoms with van der Waals surface area (Å²) in [4.78, 5) is 35.6. The maximum Gasteiger partial charge on any atom is 0.490 e. The molecular weight excluding hydrogens is 427 g/mol. The maximum atomic E-state index is 12.0. The Morgan fingerprint density at radius 1 is 1.09 bits per heavy atom. The number of ketones is 1. The van der Waals surface area contributed by atoms with Gasteiger partial charge in [0.25, 0.3) is 5.91 Å². The minimum absolute atomic E-state index is 0.0597. The molecule has 3 rings (SSSR count). The lowest BCUT2D eigenvalue weighted by atomic mass is 9.95. The molecule has 0 bridgehead atoms. The Hall–Kier alpha value is -3.92. The van der Waals surface area contributed by atoms with Gasteiger partial charge in [-0.05, 0) is 28.8 Å². The molecule has 7 nitrogen and oxygen atoms in total. The van der Waals surface area contributed by atoms with Crippen LogP contribution in [0.5, 0.6) is 0 Å². The van der Waals surface area contributed by atoms with Crippen molar-refractivity contribution in [3.05, 3.63) is 71.9 Å². The van der Waals surface area contributed by atoms with Gasteiger partial charge in [0.15, 0.2) is 5.78 Å². The maximum absolute atomic E-state index is 12.0. The van der Waals surface area contributed by atoms with Gasteiger partial charge >= 0.3 is 12.1 Å². The van der Waals surface area contributed by atoms with Crippen molar-refractivity contribution >= 4 is 28.6 Å². The number of hydrogen-bond donors (Lipinski definition) is 4. The molecular formula is C22H20F3N3O4. The summed E-state index contributed by atoms with van der Waals surface area (Å²) in [6.45, 7) is 3.85. The minimum Gasteiger partial charge on any atom is -0.475 e. The van der Waals surface area contributed by atoms with Crippen LogP contribution in [0.3, 0.4) is 0 Å². The highest BCUT2D eigenvalue weighted by atomic mass is 19.4. The molecule has 1 heterocycles. The lowest BCUT2D eigenvalue weighted by Gasteiger charge is -2.09. The standard InChI is InChI=1S/C20H19N3O2.C2HF3O2/c1-12(11-21)18(24)10-13-3-2-4-14(9-13)15-5-6-17(20(22)25)19-16(15)7-8-23-19;3-2(4,5)1(6)7/h2-9,23H,1,10-11,21H2,(H2,22,25);(H,6,7). The third kappa shape index (κ3) is 5.82. The molecule has 0 saturated heterocycles. The van der Waals surface area contributed by atoms with E-state index in [-0.39, 0.29) is 18.7 Å². The van der Waals surface area contributed by atoms with E-state index in [0.717, 1.165) is 22.1 Å². The van der Waals surface area contributed by atoms with Crippen LogP contribution in [0.2, 0.25) is 0 Å². The summed E-state index contributed by atoms with van der Waals surface area (Å²) < 4.78 is 31.7. The highest BCUT2D eigenvalue weighted by Crippen LogP contribution is 2.31. The fraction of sp³-hybridized carbons (Fsp3) is 0.136. The zero-order chi connectivity index (χ0) is 24.1. The number of carbonyl (C=O) groups is 3. The number of primary amides is 1. The number of carbonyl (C=O) groups excluding carboxylic acids is 2. The number of Topliss-reactive ketones (excluding diaryl/α,β-unsaturated/α-hetero) is 1. The van der Waals surface area contributed by atoms with Gasteiger partial charge in [-0.25, -0.2) is 4.79 Å². The van der Waals surface area contributed by atoms with Gasteiger partial charge in [0.05, 0.1) is 11.1 Å². The Kier molecular flexibility index (Phi) is 7.55. The summed E-state index contributed by atoms with van der Waals surface area (Å²) in [7, 11) is 0. The fourth-order valence-corrected chi connectivity index (χ4v) is 2.89. The average molecular weight is 447 g/mol. The van der Waals surface area contributed by atoms with Gasteiger partial charge in [0.2, 0.25) is 0 Å². The molecule has 6 N–H and O–H groups in total. The molecule has 0 atom stereocenters. The number of fused-ring (bicyclic) bond motifs is 1. The monoisotopic (exact) mass is 447 g/mol. The Labute approximate surface area is 180 Å². The Morgan fingerprint density at radius 2 is 1.75 bits per heavy atom. The molecule has 168 valence electrons. The highest BCUT2D eigenvalue weighted by molar-refractivity contribution is 6.09. The molecule has 0 saturated carbocycles. The number of benzene rings is 2. The first-order valence-electron chi connectivity index (χ1n) is 9.16. The van der Waals surface area contributed by atoms with Gasteiger partial charge < -0.3 is 21.6 Å². The second-order valence-corrected chi connectivity index (χ2v) is 6.70. The lowest BCUT2D eigenvalue weighted by molar-refractivity contribution is -0.192. The zero-order valence-corrected chi connectivity index (χ0v) is 16.7.